The quantitative estimate of drug-likeness (QED) is 0.223. The molecule has 0 aliphatic heterocycles. The Morgan fingerprint density at radius 1 is 0.976 bits per heavy atom. The first-order valence-corrected chi connectivity index (χ1v) is 16.6. The molecule has 0 spiro atoms. The van der Waals surface area contributed by atoms with Crippen LogP contribution in [0.3, 0.4) is 0 Å². The zero-order valence-corrected chi connectivity index (χ0v) is 26.8. The van der Waals surface area contributed by atoms with E-state index in [2.05, 4.69) is 5.32 Å². The summed E-state index contributed by atoms with van der Waals surface area (Å²) in [6.07, 6.45) is 2.49. The Morgan fingerprint density at radius 3 is 2.26 bits per heavy atom. The number of nitrogens with one attached hydrogen (secondary N) is 1. The first-order chi connectivity index (χ1) is 19.9. The number of rotatable bonds is 14. The van der Waals surface area contributed by atoms with Crippen LogP contribution in [0.2, 0.25) is 10.0 Å². The van der Waals surface area contributed by atoms with Gasteiger partial charge in [-0.05, 0) is 61.6 Å². The van der Waals surface area contributed by atoms with Crippen molar-refractivity contribution in [3.05, 3.63) is 99.5 Å². The number of carbonyl (C=O) groups excluding carboxylic acids is 2. The van der Waals surface area contributed by atoms with Gasteiger partial charge >= 0.3 is 0 Å². The Hall–Kier alpha value is -3.07. The van der Waals surface area contributed by atoms with Crippen molar-refractivity contribution in [3.63, 3.8) is 0 Å². The molecular weight excluding hydrogens is 593 g/mol. The highest BCUT2D eigenvalue weighted by atomic mass is 35.5. The van der Waals surface area contributed by atoms with Crippen LogP contribution in [0.4, 0.5) is 5.69 Å². The molecule has 0 unspecified atom stereocenters. The summed E-state index contributed by atoms with van der Waals surface area (Å²) in [7, 11) is -3.59. The number of aryl methyl sites for hydroxylation is 1. The van der Waals surface area contributed by atoms with Gasteiger partial charge in [-0.3, -0.25) is 13.9 Å². The highest BCUT2D eigenvalue weighted by Crippen LogP contribution is 2.26. The molecule has 0 bridgehead atoms. The van der Waals surface area contributed by atoms with Crippen molar-refractivity contribution in [2.24, 2.45) is 0 Å². The molecule has 0 saturated heterocycles. The third kappa shape index (κ3) is 9.48. The molecule has 0 fully saturated rings. The van der Waals surface area contributed by atoms with Crippen LogP contribution < -0.4 is 9.62 Å². The maximum Gasteiger partial charge on any atom is 0.243 e. The number of para-hydroxylation sites is 1. The van der Waals surface area contributed by atoms with Gasteiger partial charge in [0.05, 0.1) is 11.9 Å². The number of nitrogens with zero attached hydrogens (tertiary/aromatic N) is 2. The summed E-state index contributed by atoms with van der Waals surface area (Å²) < 4.78 is 26.7. The third-order valence-electron chi connectivity index (χ3n) is 7.16. The normalized spacial score (nSPS) is 12.8. The van der Waals surface area contributed by atoms with Crippen molar-refractivity contribution in [2.45, 2.75) is 65.1 Å². The largest absolute Gasteiger partial charge is 0.352 e. The molecule has 10 heteroatoms. The molecule has 0 saturated carbocycles. The molecule has 0 aliphatic rings. The van der Waals surface area contributed by atoms with Gasteiger partial charge in [-0.25, -0.2) is 8.42 Å². The second-order valence-corrected chi connectivity index (χ2v) is 13.3. The molecule has 0 heterocycles. The second-order valence-electron chi connectivity index (χ2n) is 10.5. The average Bonchev–Trinajstić information content (AvgIpc) is 2.94. The SMILES string of the molecule is CC[C@@H](C)NC(=O)[C@@H](Cc1ccccc1)N(Cc1ccc(Cl)cc1Cl)C(=O)CCCN(c1ccccc1C)S(C)(=O)=O. The van der Waals surface area contributed by atoms with Crippen LogP contribution in [0.5, 0.6) is 0 Å². The summed E-state index contributed by atoms with van der Waals surface area (Å²) in [5.74, 6) is -0.538. The van der Waals surface area contributed by atoms with E-state index < -0.39 is 16.1 Å². The van der Waals surface area contributed by atoms with Gasteiger partial charge in [-0.15, -0.1) is 0 Å². The van der Waals surface area contributed by atoms with Crippen molar-refractivity contribution in [3.8, 4) is 0 Å². The fourth-order valence-electron chi connectivity index (χ4n) is 4.65. The number of amides is 2. The first-order valence-electron chi connectivity index (χ1n) is 14.0. The third-order valence-corrected chi connectivity index (χ3v) is 8.93. The average molecular weight is 633 g/mol. The van der Waals surface area contributed by atoms with E-state index in [4.69, 9.17) is 23.2 Å². The molecular formula is C32H39Cl2N3O4S. The van der Waals surface area contributed by atoms with Crippen LogP contribution in [0.25, 0.3) is 0 Å². The lowest BCUT2D eigenvalue weighted by atomic mass is 10.0. The summed E-state index contributed by atoms with van der Waals surface area (Å²) in [5, 5.41) is 3.90. The van der Waals surface area contributed by atoms with Crippen LogP contribution in [0, 0.1) is 6.92 Å². The number of hydrogen-bond acceptors (Lipinski definition) is 4. The monoisotopic (exact) mass is 631 g/mol. The van der Waals surface area contributed by atoms with Crippen molar-refractivity contribution in [1.29, 1.82) is 0 Å². The molecule has 3 rings (SSSR count). The lowest BCUT2D eigenvalue weighted by Gasteiger charge is -2.33. The Balaban J connectivity index is 1.93. The van der Waals surface area contributed by atoms with Crippen molar-refractivity contribution < 1.29 is 18.0 Å². The van der Waals surface area contributed by atoms with E-state index in [-0.39, 0.29) is 43.8 Å². The number of anilines is 1. The lowest BCUT2D eigenvalue weighted by molar-refractivity contribution is -0.141. The maximum atomic E-state index is 14.0. The predicted octanol–water partition coefficient (Wildman–Crippen LogP) is 6.40. The van der Waals surface area contributed by atoms with E-state index in [1.54, 1.807) is 35.2 Å². The topological polar surface area (TPSA) is 86.8 Å². The van der Waals surface area contributed by atoms with Crippen LogP contribution in [-0.4, -0.2) is 50.0 Å². The molecule has 1 N–H and O–H groups in total. The van der Waals surface area contributed by atoms with E-state index in [1.807, 2.05) is 63.2 Å². The first kappa shape index (κ1) is 33.4. The van der Waals surface area contributed by atoms with Gasteiger partial charge in [-0.1, -0.05) is 84.7 Å². The van der Waals surface area contributed by atoms with Gasteiger partial charge in [-0.2, -0.15) is 0 Å². The minimum absolute atomic E-state index is 0.0327. The fraction of sp³-hybridized carbons (Fsp3) is 0.375. The van der Waals surface area contributed by atoms with E-state index in [1.165, 1.54) is 4.31 Å². The van der Waals surface area contributed by atoms with Crippen molar-refractivity contribution >= 4 is 50.7 Å². The van der Waals surface area contributed by atoms with Gasteiger partial charge in [0.2, 0.25) is 21.8 Å². The molecule has 2 atom stereocenters. The van der Waals surface area contributed by atoms with E-state index in [9.17, 15) is 18.0 Å². The summed E-state index contributed by atoms with van der Waals surface area (Å²) in [6, 6.07) is 20.9. The van der Waals surface area contributed by atoms with Gasteiger partial charge in [0, 0.05) is 42.0 Å². The standard InChI is InChI=1S/C32H39Cl2N3O4S/c1-5-24(3)35-32(39)30(20-25-13-7-6-8-14-25)36(22-26-17-18-27(33)21-28(26)34)31(38)16-11-19-37(42(4,40)41)29-15-10-9-12-23(29)2/h6-10,12-15,17-18,21,24,30H,5,11,16,19-20,22H2,1-4H3,(H,35,39)/t24-,30-/m1/s1. The highest BCUT2D eigenvalue weighted by Gasteiger charge is 2.31. The van der Waals surface area contributed by atoms with Crippen LogP contribution >= 0.6 is 23.2 Å². The number of halogens is 2. The van der Waals surface area contributed by atoms with Crippen LogP contribution in [0.15, 0.2) is 72.8 Å². The Bertz CT molecular complexity index is 1470. The van der Waals surface area contributed by atoms with Crippen molar-refractivity contribution in [2.75, 3.05) is 17.1 Å². The van der Waals surface area contributed by atoms with Crippen LogP contribution in [0.1, 0.15) is 49.8 Å². The molecule has 42 heavy (non-hydrogen) atoms. The zero-order valence-electron chi connectivity index (χ0n) is 24.5. The molecule has 2 amide bonds. The van der Waals surface area contributed by atoms with E-state index in [0.717, 1.165) is 23.8 Å². The molecule has 3 aromatic carbocycles. The highest BCUT2D eigenvalue weighted by molar-refractivity contribution is 7.92. The minimum atomic E-state index is -3.59. The molecule has 226 valence electrons. The van der Waals surface area contributed by atoms with Gasteiger partial charge in [0.15, 0.2) is 0 Å². The summed E-state index contributed by atoms with van der Waals surface area (Å²) in [4.78, 5) is 29.2. The summed E-state index contributed by atoms with van der Waals surface area (Å²) >= 11 is 12.6. The van der Waals surface area contributed by atoms with E-state index in [0.29, 0.717) is 27.7 Å². The Labute approximate surface area is 259 Å². The Kier molecular flexibility index (Phi) is 12.3. The lowest BCUT2D eigenvalue weighted by Crippen LogP contribution is -2.52. The smallest absolute Gasteiger partial charge is 0.243 e. The van der Waals surface area contributed by atoms with Gasteiger partial charge in [0.1, 0.15) is 6.04 Å². The van der Waals surface area contributed by atoms with Gasteiger partial charge in [0.25, 0.3) is 0 Å². The predicted molar refractivity (Wildman–Crippen MR) is 171 cm³/mol. The molecule has 0 aliphatic carbocycles. The van der Waals surface area contributed by atoms with Gasteiger partial charge < -0.3 is 10.2 Å². The molecule has 0 radical (unpaired) electrons. The fourth-order valence-corrected chi connectivity index (χ4v) is 6.15. The van der Waals surface area contributed by atoms with Crippen LogP contribution in [-0.2, 0) is 32.6 Å². The summed E-state index contributed by atoms with van der Waals surface area (Å²) in [5.41, 5.74) is 2.95. The number of benzene rings is 3. The minimum Gasteiger partial charge on any atom is -0.352 e. The Morgan fingerprint density at radius 2 is 1.64 bits per heavy atom. The summed E-state index contributed by atoms with van der Waals surface area (Å²) in [6.45, 7) is 5.96. The number of carbonyl (C=O) groups is 2. The van der Waals surface area contributed by atoms with Crippen molar-refractivity contribution in [1.82, 2.24) is 10.2 Å². The van der Waals surface area contributed by atoms with E-state index >= 15 is 0 Å². The molecule has 0 aromatic heterocycles. The second kappa shape index (κ2) is 15.4. The zero-order chi connectivity index (χ0) is 30.9. The number of sulfonamides is 1. The molecule has 3 aromatic rings. The number of hydrogen-bond donors (Lipinski definition) is 1. The maximum absolute atomic E-state index is 14.0. The molecule has 7 nitrogen and oxygen atoms in total.